The van der Waals surface area contributed by atoms with Gasteiger partial charge in [0.2, 0.25) is 0 Å². The van der Waals surface area contributed by atoms with Gasteiger partial charge in [-0.05, 0) is 28.8 Å². The number of nitrogens with zero attached hydrogens (tertiary/aromatic N) is 3. The molecular formula is C27H21N5O2. The predicted octanol–water partition coefficient (Wildman–Crippen LogP) is 4.60. The molecule has 2 N–H and O–H groups in total. The number of carbonyl (C=O) groups excluding carboxylic acids is 1. The Kier molecular flexibility index (Phi) is 5.40. The minimum atomic E-state index is -0.498. The second kappa shape index (κ2) is 8.68. The van der Waals surface area contributed by atoms with Crippen molar-refractivity contribution >= 4 is 22.2 Å². The zero-order valence-corrected chi connectivity index (χ0v) is 18.4. The molecule has 0 saturated carbocycles. The van der Waals surface area contributed by atoms with Crippen molar-refractivity contribution in [2.45, 2.75) is 19.4 Å². The molecule has 3 aromatic carbocycles. The van der Waals surface area contributed by atoms with Crippen LogP contribution in [0.25, 0.3) is 27.5 Å². The van der Waals surface area contributed by atoms with E-state index in [1.54, 1.807) is 6.20 Å². The Morgan fingerprint density at radius 2 is 1.82 bits per heavy atom. The Labute approximate surface area is 195 Å². The normalized spacial score (nSPS) is 11.9. The first kappa shape index (κ1) is 21.2. The van der Waals surface area contributed by atoms with Gasteiger partial charge in [0.25, 0.3) is 11.5 Å². The zero-order valence-electron chi connectivity index (χ0n) is 18.4. The molecule has 0 aliphatic carbocycles. The number of amides is 1. The molecule has 7 nitrogen and oxygen atoms in total. The van der Waals surface area contributed by atoms with Gasteiger partial charge in [0, 0.05) is 5.56 Å². The molecule has 0 aliphatic rings. The van der Waals surface area contributed by atoms with Crippen molar-refractivity contribution in [3.63, 3.8) is 0 Å². The highest BCUT2D eigenvalue weighted by Crippen LogP contribution is 2.24. The van der Waals surface area contributed by atoms with Crippen molar-refractivity contribution in [2.24, 2.45) is 0 Å². The van der Waals surface area contributed by atoms with Crippen molar-refractivity contribution in [1.82, 2.24) is 19.9 Å². The minimum Gasteiger partial charge on any atom is -0.344 e. The second-order valence-electron chi connectivity index (χ2n) is 8.03. The van der Waals surface area contributed by atoms with E-state index in [1.807, 2.05) is 85.8 Å². The number of benzene rings is 3. The lowest BCUT2D eigenvalue weighted by Crippen LogP contribution is -2.29. The first-order valence-electron chi connectivity index (χ1n) is 11.0. The van der Waals surface area contributed by atoms with Gasteiger partial charge in [0.05, 0.1) is 17.9 Å². The van der Waals surface area contributed by atoms with Gasteiger partial charge >= 0.3 is 0 Å². The second-order valence-corrected chi connectivity index (χ2v) is 8.03. The fourth-order valence-electron chi connectivity index (χ4n) is 4.18. The Bertz CT molecular complexity index is 1630. The van der Waals surface area contributed by atoms with Crippen molar-refractivity contribution in [1.29, 1.82) is 5.26 Å². The lowest BCUT2D eigenvalue weighted by Gasteiger charge is -2.16. The standard InChI is InChI=1S/C27H21N5O2/c1-2-22(18-9-4-3-5-10-18)29-26(33)24-21(15-28)25-27(34)30-23(16-32(25)31-24)20-13-12-17-8-6-7-11-19(17)14-20/h3-14,16,22H,2H2,1H3,(H,29,33)(H,30,34)/t22-/m1/s1. The number of aromatic amines is 1. The van der Waals surface area contributed by atoms with E-state index in [1.165, 1.54) is 4.52 Å². The van der Waals surface area contributed by atoms with E-state index < -0.39 is 11.5 Å². The third-order valence-corrected chi connectivity index (χ3v) is 5.93. The first-order chi connectivity index (χ1) is 16.6. The molecule has 2 heterocycles. The van der Waals surface area contributed by atoms with Crippen LogP contribution in [0.5, 0.6) is 0 Å². The Balaban J connectivity index is 1.56. The van der Waals surface area contributed by atoms with Crippen LogP contribution in [0.3, 0.4) is 0 Å². The van der Waals surface area contributed by atoms with Crippen molar-refractivity contribution in [2.75, 3.05) is 0 Å². The van der Waals surface area contributed by atoms with Gasteiger partial charge in [-0.3, -0.25) is 9.59 Å². The van der Waals surface area contributed by atoms with E-state index in [2.05, 4.69) is 15.4 Å². The van der Waals surface area contributed by atoms with E-state index in [0.29, 0.717) is 12.1 Å². The quantitative estimate of drug-likeness (QED) is 0.411. The van der Waals surface area contributed by atoms with E-state index in [-0.39, 0.29) is 22.8 Å². The molecule has 166 valence electrons. The molecule has 5 rings (SSSR count). The summed E-state index contributed by atoms with van der Waals surface area (Å²) in [5, 5.41) is 19.2. The van der Waals surface area contributed by atoms with Crippen LogP contribution in [0.4, 0.5) is 0 Å². The topological polar surface area (TPSA) is 103 Å². The highest BCUT2D eigenvalue weighted by molar-refractivity contribution is 5.97. The maximum absolute atomic E-state index is 13.1. The van der Waals surface area contributed by atoms with E-state index in [4.69, 9.17) is 0 Å². The molecule has 0 unspecified atom stereocenters. The maximum Gasteiger partial charge on any atom is 0.275 e. The largest absolute Gasteiger partial charge is 0.344 e. The molecule has 1 atom stereocenters. The molecule has 5 aromatic rings. The van der Waals surface area contributed by atoms with Gasteiger partial charge in [-0.15, -0.1) is 0 Å². The SMILES string of the molecule is CC[C@@H](NC(=O)c1nn2cc(-c3ccc4ccccc4c3)[nH]c(=O)c2c1C#N)c1ccccc1. The van der Waals surface area contributed by atoms with Crippen LogP contribution in [0.1, 0.15) is 41.0 Å². The van der Waals surface area contributed by atoms with E-state index >= 15 is 0 Å². The van der Waals surface area contributed by atoms with Crippen LogP contribution in [0.2, 0.25) is 0 Å². The summed E-state index contributed by atoms with van der Waals surface area (Å²) in [5.74, 6) is -0.498. The molecule has 1 amide bonds. The number of hydrogen-bond acceptors (Lipinski definition) is 4. The number of nitrogens with one attached hydrogen (secondary N) is 2. The van der Waals surface area contributed by atoms with Gasteiger partial charge in [-0.2, -0.15) is 10.4 Å². The number of rotatable bonds is 5. The van der Waals surface area contributed by atoms with E-state index in [0.717, 1.165) is 21.9 Å². The molecule has 0 spiro atoms. The summed E-state index contributed by atoms with van der Waals surface area (Å²) in [6.45, 7) is 1.97. The highest BCUT2D eigenvalue weighted by atomic mass is 16.2. The van der Waals surface area contributed by atoms with Crippen molar-refractivity contribution < 1.29 is 4.79 Å². The number of fused-ring (bicyclic) bond motifs is 2. The average molecular weight is 447 g/mol. The lowest BCUT2D eigenvalue weighted by atomic mass is 10.0. The molecule has 0 saturated heterocycles. The Morgan fingerprint density at radius 3 is 2.56 bits per heavy atom. The van der Waals surface area contributed by atoms with Crippen LogP contribution >= 0.6 is 0 Å². The molecule has 7 heteroatoms. The van der Waals surface area contributed by atoms with Crippen LogP contribution < -0.4 is 10.9 Å². The third-order valence-electron chi connectivity index (χ3n) is 5.93. The molecule has 0 fully saturated rings. The third kappa shape index (κ3) is 3.71. The first-order valence-corrected chi connectivity index (χ1v) is 11.0. The molecular weight excluding hydrogens is 426 g/mol. The highest BCUT2D eigenvalue weighted by Gasteiger charge is 2.24. The monoisotopic (exact) mass is 447 g/mol. The van der Waals surface area contributed by atoms with Crippen molar-refractivity contribution in [3.8, 4) is 17.3 Å². The van der Waals surface area contributed by atoms with Crippen LogP contribution in [-0.2, 0) is 0 Å². The number of carbonyl (C=O) groups is 1. The average Bonchev–Trinajstić information content (AvgIpc) is 3.26. The summed E-state index contributed by atoms with van der Waals surface area (Å²) < 4.78 is 1.32. The van der Waals surface area contributed by atoms with Crippen LogP contribution in [0.15, 0.2) is 83.8 Å². The number of nitriles is 1. The van der Waals surface area contributed by atoms with Gasteiger partial charge in [0.1, 0.15) is 17.1 Å². The number of hydrogen-bond donors (Lipinski definition) is 2. The smallest absolute Gasteiger partial charge is 0.275 e. The Morgan fingerprint density at radius 1 is 1.09 bits per heavy atom. The zero-order chi connectivity index (χ0) is 23.7. The van der Waals surface area contributed by atoms with Gasteiger partial charge in [-0.1, -0.05) is 73.7 Å². The predicted molar refractivity (Wildman–Crippen MR) is 130 cm³/mol. The fourth-order valence-corrected chi connectivity index (χ4v) is 4.18. The summed E-state index contributed by atoms with van der Waals surface area (Å²) in [6, 6.07) is 25.1. The lowest BCUT2D eigenvalue weighted by molar-refractivity contribution is 0.0930. The summed E-state index contributed by atoms with van der Waals surface area (Å²) >= 11 is 0. The minimum absolute atomic E-state index is 0.0462. The molecule has 34 heavy (non-hydrogen) atoms. The molecule has 0 radical (unpaired) electrons. The van der Waals surface area contributed by atoms with E-state index in [9.17, 15) is 14.9 Å². The summed E-state index contributed by atoms with van der Waals surface area (Å²) in [7, 11) is 0. The summed E-state index contributed by atoms with van der Waals surface area (Å²) in [5.41, 5.74) is 1.74. The number of aromatic nitrogens is 3. The molecule has 2 aromatic heterocycles. The number of H-pyrrole nitrogens is 1. The van der Waals surface area contributed by atoms with Gasteiger partial charge in [0.15, 0.2) is 5.69 Å². The fraction of sp³-hybridized carbons (Fsp3) is 0.111. The summed E-state index contributed by atoms with van der Waals surface area (Å²) in [4.78, 5) is 28.9. The maximum atomic E-state index is 13.1. The van der Waals surface area contributed by atoms with Crippen LogP contribution in [-0.4, -0.2) is 20.5 Å². The summed E-state index contributed by atoms with van der Waals surface area (Å²) in [6.07, 6.45) is 2.30. The van der Waals surface area contributed by atoms with Gasteiger partial charge in [-0.25, -0.2) is 4.52 Å². The van der Waals surface area contributed by atoms with Crippen molar-refractivity contribution in [3.05, 3.63) is 106 Å². The van der Waals surface area contributed by atoms with Crippen LogP contribution in [0, 0.1) is 11.3 Å². The molecule has 0 bridgehead atoms. The Hall–Kier alpha value is -4.70. The molecule has 0 aliphatic heterocycles. The van der Waals surface area contributed by atoms with Gasteiger partial charge < -0.3 is 10.3 Å².